The highest BCUT2D eigenvalue weighted by atomic mass is 16.2. The molecule has 0 spiro atoms. The average molecular weight is 246 g/mol. The van der Waals surface area contributed by atoms with Crippen molar-refractivity contribution in [2.24, 2.45) is 5.92 Å². The lowest BCUT2D eigenvalue weighted by atomic mass is 9.99. The molecule has 1 aliphatic rings. The molecule has 2 atom stereocenters. The highest BCUT2D eigenvalue weighted by Gasteiger charge is 2.25. The highest BCUT2D eigenvalue weighted by molar-refractivity contribution is 5.94. The van der Waals surface area contributed by atoms with E-state index < -0.39 is 0 Å². The smallest absolute Gasteiger partial charge is 0.241 e. The maximum absolute atomic E-state index is 12.2. The van der Waals surface area contributed by atoms with Gasteiger partial charge in [0.15, 0.2) is 0 Å². The summed E-state index contributed by atoms with van der Waals surface area (Å²) in [5.74, 6) is 0.793. The predicted molar refractivity (Wildman–Crippen MR) is 74.5 cm³/mol. The van der Waals surface area contributed by atoms with Crippen LogP contribution in [-0.4, -0.2) is 29.9 Å². The van der Waals surface area contributed by atoms with Gasteiger partial charge in [-0.2, -0.15) is 0 Å². The van der Waals surface area contributed by atoms with Gasteiger partial charge in [0.25, 0.3) is 0 Å². The second-order valence-electron chi connectivity index (χ2n) is 5.27. The van der Waals surface area contributed by atoms with Crippen molar-refractivity contribution in [3.63, 3.8) is 0 Å². The minimum Gasteiger partial charge on any atom is -0.325 e. The van der Waals surface area contributed by atoms with Crippen molar-refractivity contribution in [3.8, 4) is 0 Å². The van der Waals surface area contributed by atoms with Crippen molar-refractivity contribution in [1.29, 1.82) is 0 Å². The molecular formula is C15H22N2O. The van der Waals surface area contributed by atoms with Crippen LogP contribution in [-0.2, 0) is 4.79 Å². The molecule has 0 aliphatic carbocycles. The maximum atomic E-state index is 12.2. The lowest BCUT2D eigenvalue weighted by Gasteiger charge is -2.34. The van der Waals surface area contributed by atoms with Crippen LogP contribution in [0, 0.1) is 5.92 Å². The minimum atomic E-state index is -0.0482. The first-order valence-corrected chi connectivity index (χ1v) is 6.77. The zero-order valence-corrected chi connectivity index (χ0v) is 11.2. The topological polar surface area (TPSA) is 32.3 Å². The number of anilines is 1. The number of amides is 1. The predicted octanol–water partition coefficient (Wildman–Crippen LogP) is 2.75. The van der Waals surface area contributed by atoms with Gasteiger partial charge in [-0.05, 0) is 44.4 Å². The van der Waals surface area contributed by atoms with Crippen molar-refractivity contribution < 1.29 is 4.79 Å². The normalized spacial score (nSPS) is 22.4. The van der Waals surface area contributed by atoms with Gasteiger partial charge in [-0.3, -0.25) is 9.69 Å². The van der Waals surface area contributed by atoms with Gasteiger partial charge in [0.1, 0.15) is 0 Å². The third kappa shape index (κ3) is 3.33. The first-order valence-electron chi connectivity index (χ1n) is 6.77. The molecule has 3 nitrogen and oxygen atoms in total. The summed E-state index contributed by atoms with van der Waals surface area (Å²) in [6, 6.07) is 9.61. The Labute approximate surface area is 109 Å². The van der Waals surface area contributed by atoms with E-state index in [4.69, 9.17) is 0 Å². The van der Waals surface area contributed by atoms with Gasteiger partial charge in [-0.15, -0.1) is 0 Å². The van der Waals surface area contributed by atoms with Crippen LogP contribution in [0.1, 0.15) is 26.7 Å². The maximum Gasteiger partial charge on any atom is 0.241 e. The minimum absolute atomic E-state index is 0.0482. The average Bonchev–Trinajstić information content (AvgIpc) is 2.39. The molecule has 2 rings (SSSR count). The zero-order valence-electron chi connectivity index (χ0n) is 11.2. The Kier molecular flexibility index (Phi) is 4.37. The van der Waals surface area contributed by atoms with Crippen LogP contribution < -0.4 is 5.32 Å². The fraction of sp³-hybridized carbons (Fsp3) is 0.533. The second kappa shape index (κ2) is 6.01. The van der Waals surface area contributed by atoms with E-state index in [1.165, 1.54) is 12.8 Å². The summed E-state index contributed by atoms with van der Waals surface area (Å²) in [7, 11) is 0. The third-order valence-electron chi connectivity index (χ3n) is 3.66. The molecule has 1 aromatic carbocycles. The number of nitrogens with zero attached hydrogens (tertiary/aromatic N) is 1. The van der Waals surface area contributed by atoms with E-state index in [-0.39, 0.29) is 11.9 Å². The summed E-state index contributed by atoms with van der Waals surface area (Å²) < 4.78 is 0. The summed E-state index contributed by atoms with van der Waals surface area (Å²) in [6.45, 7) is 6.32. The molecule has 0 saturated carbocycles. The van der Waals surface area contributed by atoms with Crippen LogP contribution in [0.4, 0.5) is 5.69 Å². The van der Waals surface area contributed by atoms with Crippen molar-refractivity contribution in [1.82, 2.24) is 4.90 Å². The number of rotatable bonds is 3. The molecular weight excluding hydrogens is 224 g/mol. The van der Waals surface area contributed by atoms with Gasteiger partial charge in [-0.1, -0.05) is 25.1 Å². The van der Waals surface area contributed by atoms with Gasteiger partial charge < -0.3 is 5.32 Å². The van der Waals surface area contributed by atoms with E-state index >= 15 is 0 Å². The van der Waals surface area contributed by atoms with Crippen LogP contribution in [0.5, 0.6) is 0 Å². The van der Waals surface area contributed by atoms with Crippen LogP contribution in [0.25, 0.3) is 0 Å². The molecule has 1 fully saturated rings. The van der Waals surface area contributed by atoms with Gasteiger partial charge in [0.2, 0.25) is 5.91 Å². The number of carbonyl (C=O) groups excluding carboxylic acids is 1. The summed E-state index contributed by atoms with van der Waals surface area (Å²) in [5, 5.41) is 2.97. The number of hydrogen-bond donors (Lipinski definition) is 1. The zero-order chi connectivity index (χ0) is 13.0. The Balaban J connectivity index is 1.92. The molecule has 3 heteroatoms. The largest absolute Gasteiger partial charge is 0.325 e. The third-order valence-corrected chi connectivity index (χ3v) is 3.66. The molecule has 1 aromatic rings. The highest BCUT2D eigenvalue weighted by Crippen LogP contribution is 2.18. The number of piperidine rings is 1. The molecule has 1 saturated heterocycles. The fourth-order valence-electron chi connectivity index (χ4n) is 2.51. The summed E-state index contributed by atoms with van der Waals surface area (Å²) >= 11 is 0. The van der Waals surface area contributed by atoms with Crippen molar-refractivity contribution in [2.75, 3.05) is 18.4 Å². The quantitative estimate of drug-likeness (QED) is 0.889. The van der Waals surface area contributed by atoms with Gasteiger partial charge in [0.05, 0.1) is 6.04 Å². The lowest BCUT2D eigenvalue weighted by molar-refractivity contribution is -0.121. The van der Waals surface area contributed by atoms with E-state index in [1.54, 1.807) is 0 Å². The number of benzene rings is 1. The first kappa shape index (κ1) is 13.1. The summed E-state index contributed by atoms with van der Waals surface area (Å²) in [6.07, 6.45) is 2.48. The van der Waals surface area contributed by atoms with E-state index in [0.29, 0.717) is 5.92 Å². The first-order chi connectivity index (χ1) is 8.66. The molecule has 1 N–H and O–H groups in total. The molecule has 0 aromatic heterocycles. The molecule has 18 heavy (non-hydrogen) atoms. The fourth-order valence-corrected chi connectivity index (χ4v) is 2.51. The molecule has 1 heterocycles. The molecule has 1 aliphatic heterocycles. The molecule has 98 valence electrons. The van der Waals surface area contributed by atoms with Crippen LogP contribution in [0.3, 0.4) is 0 Å². The SMILES string of the molecule is C[C@H]1CCCN([C@@H](C)C(=O)Nc2ccccc2)C1. The standard InChI is InChI=1S/C15H22N2O/c1-12-7-6-10-17(11-12)13(2)15(18)16-14-8-4-3-5-9-14/h3-5,8-9,12-13H,6-7,10-11H2,1-2H3,(H,16,18)/t12-,13-/m0/s1. The van der Waals surface area contributed by atoms with E-state index in [2.05, 4.69) is 17.1 Å². The van der Waals surface area contributed by atoms with E-state index in [9.17, 15) is 4.79 Å². The molecule has 0 unspecified atom stereocenters. The molecule has 0 radical (unpaired) electrons. The number of nitrogens with one attached hydrogen (secondary N) is 1. The lowest BCUT2D eigenvalue weighted by Crippen LogP contribution is -2.46. The van der Waals surface area contributed by atoms with E-state index in [1.807, 2.05) is 37.3 Å². The number of carbonyl (C=O) groups is 1. The van der Waals surface area contributed by atoms with Crippen molar-refractivity contribution in [2.45, 2.75) is 32.7 Å². The monoisotopic (exact) mass is 246 g/mol. The number of para-hydroxylation sites is 1. The van der Waals surface area contributed by atoms with Crippen LogP contribution in [0.15, 0.2) is 30.3 Å². The number of hydrogen-bond acceptors (Lipinski definition) is 2. The Morgan fingerprint density at radius 2 is 2.11 bits per heavy atom. The summed E-state index contributed by atoms with van der Waals surface area (Å²) in [5.41, 5.74) is 0.874. The Bertz CT molecular complexity index is 391. The Morgan fingerprint density at radius 3 is 2.78 bits per heavy atom. The van der Waals surface area contributed by atoms with Crippen molar-refractivity contribution >= 4 is 11.6 Å². The van der Waals surface area contributed by atoms with Gasteiger partial charge in [0, 0.05) is 12.2 Å². The van der Waals surface area contributed by atoms with E-state index in [0.717, 1.165) is 18.8 Å². The number of likely N-dealkylation sites (tertiary alicyclic amines) is 1. The Hall–Kier alpha value is -1.35. The van der Waals surface area contributed by atoms with Crippen molar-refractivity contribution in [3.05, 3.63) is 30.3 Å². The second-order valence-corrected chi connectivity index (χ2v) is 5.27. The molecule has 1 amide bonds. The Morgan fingerprint density at radius 1 is 1.39 bits per heavy atom. The van der Waals surface area contributed by atoms with Gasteiger partial charge in [-0.25, -0.2) is 0 Å². The molecule has 0 bridgehead atoms. The summed E-state index contributed by atoms with van der Waals surface area (Å²) in [4.78, 5) is 14.4. The van der Waals surface area contributed by atoms with Crippen LogP contribution >= 0.6 is 0 Å². The van der Waals surface area contributed by atoms with Gasteiger partial charge >= 0.3 is 0 Å². The van der Waals surface area contributed by atoms with Crippen LogP contribution in [0.2, 0.25) is 0 Å².